The number of anilines is 1. The van der Waals surface area contributed by atoms with Gasteiger partial charge in [0.25, 0.3) is 0 Å². The van der Waals surface area contributed by atoms with Crippen molar-refractivity contribution in [1.29, 1.82) is 0 Å². The first-order chi connectivity index (χ1) is 8.68. The Balaban J connectivity index is 2.13. The number of rotatable bonds is 2. The van der Waals surface area contributed by atoms with E-state index in [1.165, 1.54) is 32.1 Å². The molecule has 0 unspecified atom stereocenters. The van der Waals surface area contributed by atoms with E-state index in [2.05, 4.69) is 18.4 Å². The van der Waals surface area contributed by atoms with Crippen molar-refractivity contribution in [2.75, 3.05) is 5.73 Å². The lowest BCUT2D eigenvalue weighted by molar-refractivity contribution is 0.348. The highest BCUT2D eigenvalue weighted by molar-refractivity contribution is 5.85. The summed E-state index contributed by atoms with van der Waals surface area (Å²) in [5.74, 6) is 2.01. The molecule has 0 aliphatic heterocycles. The number of nitrogen functional groups attached to an aromatic ring is 1. The highest BCUT2D eigenvalue weighted by Crippen LogP contribution is 2.36. The van der Waals surface area contributed by atoms with Gasteiger partial charge in [0, 0.05) is 12.0 Å². The minimum absolute atomic E-state index is 0.415. The molecule has 1 saturated carbocycles. The van der Waals surface area contributed by atoms with Crippen molar-refractivity contribution in [3.8, 4) is 0 Å². The van der Waals surface area contributed by atoms with Gasteiger partial charge < -0.3 is 14.7 Å². The molecule has 2 aromatic heterocycles. The molecule has 2 heterocycles. The topological polar surface area (TPSA) is 57.0 Å². The third kappa shape index (κ3) is 1.71. The van der Waals surface area contributed by atoms with E-state index in [4.69, 9.17) is 15.1 Å². The Labute approximate surface area is 107 Å². The molecule has 3 rings (SSSR count). The molecule has 0 amide bonds. The summed E-state index contributed by atoms with van der Waals surface area (Å²) in [5, 5.41) is 0. The first kappa shape index (κ1) is 11.6. The van der Waals surface area contributed by atoms with E-state index >= 15 is 0 Å². The van der Waals surface area contributed by atoms with E-state index in [9.17, 15) is 0 Å². The lowest BCUT2D eigenvalue weighted by Gasteiger charge is -2.26. The number of nitrogens with zero attached hydrogens (tertiary/aromatic N) is 2. The zero-order valence-electron chi connectivity index (χ0n) is 11.1. The molecule has 18 heavy (non-hydrogen) atoms. The standard InChI is InChI=1S/C14H21N3O/c1-9(2)14-16-12-11(8-18-13(12)15)17(14)10-6-4-3-5-7-10/h8-10H,3-7,15H2,1-2H3. The molecule has 4 nitrogen and oxygen atoms in total. The van der Waals surface area contributed by atoms with E-state index in [1.807, 2.05) is 0 Å². The van der Waals surface area contributed by atoms with Gasteiger partial charge in [-0.3, -0.25) is 0 Å². The number of nitrogens with two attached hydrogens (primary N) is 1. The smallest absolute Gasteiger partial charge is 0.218 e. The second kappa shape index (κ2) is 4.34. The molecule has 1 aliphatic carbocycles. The van der Waals surface area contributed by atoms with Crippen LogP contribution in [0.2, 0.25) is 0 Å². The molecule has 0 atom stereocenters. The summed E-state index contributed by atoms with van der Waals surface area (Å²) in [7, 11) is 0. The Kier molecular flexibility index (Phi) is 2.80. The number of imidazole rings is 1. The van der Waals surface area contributed by atoms with E-state index in [0.717, 1.165) is 16.9 Å². The molecule has 1 fully saturated rings. The van der Waals surface area contributed by atoms with Crippen LogP contribution in [-0.2, 0) is 0 Å². The minimum Gasteiger partial charge on any atom is -0.445 e. The van der Waals surface area contributed by atoms with Gasteiger partial charge >= 0.3 is 0 Å². The number of aromatic nitrogens is 2. The van der Waals surface area contributed by atoms with Gasteiger partial charge in [-0.2, -0.15) is 0 Å². The Morgan fingerprint density at radius 2 is 2.06 bits per heavy atom. The Morgan fingerprint density at radius 3 is 2.72 bits per heavy atom. The molecule has 0 spiro atoms. The monoisotopic (exact) mass is 247 g/mol. The Bertz CT molecular complexity index is 547. The average Bonchev–Trinajstić information content (AvgIpc) is 2.91. The summed E-state index contributed by atoms with van der Waals surface area (Å²) in [5.41, 5.74) is 7.76. The molecule has 4 heteroatoms. The predicted molar refractivity (Wildman–Crippen MR) is 72.6 cm³/mol. The quantitative estimate of drug-likeness (QED) is 0.877. The van der Waals surface area contributed by atoms with Crippen LogP contribution in [0.5, 0.6) is 0 Å². The number of hydrogen-bond acceptors (Lipinski definition) is 3. The van der Waals surface area contributed by atoms with Crippen molar-refractivity contribution in [3.63, 3.8) is 0 Å². The number of fused-ring (bicyclic) bond motifs is 1. The van der Waals surface area contributed by atoms with Crippen molar-refractivity contribution in [2.45, 2.75) is 57.9 Å². The molecular formula is C14H21N3O. The van der Waals surface area contributed by atoms with Gasteiger partial charge in [-0.05, 0) is 12.8 Å². The Morgan fingerprint density at radius 1 is 1.33 bits per heavy atom. The van der Waals surface area contributed by atoms with Gasteiger partial charge in [0.2, 0.25) is 5.88 Å². The second-order valence-electron chi connectivity index (χ2n) is 5.62. The molecule has 0 bridgehead atoms. The summed E-state index contributed by atoms with van der Waals surface area (Å²) in [4.78, 5) is 4.69. The lowest BCUT2D eigenvalue weighted by Crippen LogP contribution is -2.16. The maximum atomic E-state index is 5.85. The van der Waals surface area contributed by atoms with Crippen LogP contribution in [0, 0.1) is 0 Å². The molecule has 0 aromatic carbocycles. The van der Waals surface area contributed by atoms with Gasteiger partial charge in [-0.1, -0.05) is 33.1 Å². The summed E-state index contributed by atoms with van der Waals surface area (Å²) in [6.07, 6.45) is 8.24. The van der Waals surface area contributed by atoms with Crippen LogP contribution in [0.4, 0.5) is 5.88 Å². The van der Waals surface area contributed by atoms with E-state index in [0.29, 0.717) is 17.8 Å². The van der Waals surface area contributed by atoms with E-state index in [-0.39, 0.29) is 0 Å². The van der Waals surface area contributed by atoms with Crippen molar-refractivity contribution >= 4 is 16.9 Å². The minimum atomic E-state index is 0.415. The zero-order valence-corrected chi connectivity index (χ0v) is 11.1. The highest BCUT2D eigenvalue weighted by Gasteiger charge is 2.24. The SMILES string of the molecule is CC(C)c1nc2c(N)occ2n1C1CCCCC1. The van der Waals surface area contributed by atoms with Crippen molar-refractivity contribution in [2.24, 2.45) is 0 Å². The van der Waals surface area contributed by atoms with Gasteiger partial charge in [0.05, 0.1) is 0 Å². The van der Waals surface area contributed by atoms with Crippen molar-refractivity contribution in [3.05, 3.63) is 12.1 Å². The largest absolute Gasteiger partial charge is 0.445 e. The van der Waals surface area contributed by atoms with Gasteiger partial charge in [-0.15, -0.1) is 0 Å². The van der Waals surface area contributed by atoms with Crippen LogP contribution in [-0.4, -0.2) is 9.55 Å². The second-order valence-corrected chi connectivity index (χ2v) is 5.62. The van der Waals surface area contributed by atoms with Crippen LogP contribution in [0.3, 0.4) is 0 Å². The fraction of sp³-hybridized carbons (Fsp3) is 0.643. The van der Waals surface area contributed by atoms with Gasteiger partial charge in [0.15, 0.2) is 5.52 Å². The van der Waals surface area contributed by atoms with E-state index < -0.39 is 0 Å². The Hall–Kier alpha value is -1.45. The fourth-order valence-corrected chi connectivity index (χ4v) is 3.06. The zero-order chi connectivity index (χ0) is 12.7. The summed E-state index contributed by atoms with van der Waals surface area (Å²) >= 11 is 0. The molecule has 2 aromatic rings. The number of furan rings is 1. The highest BCUT2D eigenvalue weighted by atomic mass is 16.3. The third-order valence-corrected chi connectivity index (χ3v) is 3.96. The van der Waals surface area contributed by atoms with Crippen LogP contribution >= 0.6 is 0 Å². The molecule has 0 radical (unpaired) electrons. The molecular weight excluding hydrogens is 226 g/mol. The van der Waals surface area contributed by atoms with Crippen LogP contribution in [0.15, 0.2) is 10.7 Å². The first-order valence-corrected chi connectivity index (χ1v) is 6.93. The van der Waals surface area contributed by atoms with Crippen LogP contribution in [0.25, 0.3) is 11.0 Å². The maximum Gasteiger partial charge on any atom is 0.218 e. The van der Waals surface area contributed by atoms with E-state index in [1.54, 1.807) is 6.26 Å². The fourth-order valence-electron chi connectivity index (χ4n) is 3.06. The van der Waals surface area contributed by atoms with Crippen molar-refractivity contribution in [1.82, 2.24) is 9.55 Å². The number of hydrogen-bond donors (Lipinski definition) is 1. The van der Waals surface area contributed by atoms with Gasteiger partial charge in [0.1, 0.15) is 17.6 Å². The average molecular weight is 247 g/mol. The maximum absolute atomic E-state index is 5.85. The predicted octanol–water partition coefficient (Wildman–Crippen LogP) is 3.84. The lowest BCUT2D eigenvalue weighted by atomic mass is 9.95. The molecule has 1 aliphatic rings. The molecule has 98 valence electrons. The third-order valence-electron chi connectivity index (χ3n) is 3.96. The van der Waals surface area contributed by atoms with Crippen LogP contribution in [0.1, 0.15) is 63.7 Å². The summed E-state index contributed by atoms with van der Waals surface area (Å²) in [6, 6.07) is 0.568. The van der Waals surface area contributed by atoms with Crippen molar-refractivity contribution < 1.29 is 4.42 Å². The molecule has 2 N–H and O–H groups in total. The van der Waals surface area contributed by atoms with Gasteiger partial charge in [-0.25, -0.2) is 4.98 Å². The van der Waals surface area contributed by atoms with Crippen LogP contribution < -0.4 is 5.73 Å². The first-order valence-electron chi connectivity index (χ1n) is 6.93. The summed E-state index contributed by atoms with van der Waals surface area (Å²) < 4.78 is 7.69. The molecule has 0 saturated heterocycles. The summed E-state index contributed by atoms with van der Waals surface area (Å²) in [6.45, 7) is 4.38. The normalized spacial score (nSPS) is 17.9.